The van der Waals surface area contributed by atoms with Gasteiger partial charge in [-0.2, -0.15) is 0 Å². The minimum atomic E-state index is -0.622. The van der Waals surface area contributed by atoms with E-state index in [2.05, 4.69) is 15.6 Å². The van der Waals surface area contributed by atoms with Crippen molar-refractivity contribution in [3.8, 4) is 0 Å². The minimum absolute atomic E-state index is 0.0814. The monoisotopic (exact) mass is 460 g/mol. The molecule has 6 nitrogen and oxygen atoms in total. The van der Waals surface area contributed by atoms with Gasteiger partial charge in [0.2, 0.25) is 5.82 Å². The van der Waals surface area contributed by atoms with Crippen LogP contribution in [0, 0.1) is 21.7 Å². The topological polar surface area (TPSA) is 80.1 Å². The lowest BCUT2D eigenvalue weighted by molar-refractivity contribution is -0.383. The highest BCUT2D eigenvalue weighted by molar-refractivity contribution is 6.31. The lowest BCUT2D eigenvalue weighted by atomic mass is 10.1. The Kier molecular flexibility index (Phi) is 5.58. The number of anilines is 4. The summed E-state index contributed by atoms with van der Waals surface area (Å²) < 4.78 is 27.0. The van der Waals surface area contributed by atoms with Crippen molar-refractivity contribution in [3.63, 3.8) is 0 Å². The second-order valence-corrected chi connectivity index (χ2v) is 7.28. The first-order valence-electron chi connectivity index (χ1n) is 8.85. The van der Waals surface area contributed by atoms with Gasteiger partial charge < -0.3 is 10.6 Å². The van der Waals surface area contributed by atoms with E-state index in [1.54, 1.807) is 24.3 Å². The van der Waals surface area contributed by atoms with Crippen LogP contribution in [0.5, 0.6) is 0 Å². The summed E-state index contributed by atoms with van der Waals surface area (Å²) in [6.07, 6.45) is 0. The highest BCUT2D eigenvalue weighted by Crippen LogP contribution is 2.41. The van der Waals surface area contributed by atoms with E-state index in [0.717, 1.165) is 12.1 Å². The number of hydrogen-bond acceptors (Lipinski definition) is 5. The van der Waals surface area contributed by atoms with Crippen LogP contribution in [0.25, 0.3) is 10.9 Å². The molecular formula is C21H12Cl2F2N4O2. The maximum absolute atomic E-state index is 13.5. The number of rotatable bonds is 5. The van der Waals surface area contributed by atoms with Crippen LogP contribution in [0.15, 0.2) is 60.7 Å². The molecule has 0 radical (unpaired) electrons. The van der Waals surface area contributed by atoms with E-state index in [0.29, 0.717) is 22.3 Å². The SMILES string of the molecule is O=[N+]([O-])c1c(Nc2ccc(F)c(Cl)c2)nc2ccccc2c1Nc1ccc(F)c(Cl)c1. The number of fused-ring (bicyclic) bond motifs is 1. The number of halogens is 4. The summed E-state index contributed by atoms with van der Waals surface area (Å²) in [6.45, 7) is 0. The van der Waals surface area contributed by atoms with E-state index in [4.69, 9.17) is 23.2 Å². The molecule has 0 unspecified atom stereocenters. The molecule has 0 bridgehead atoms. The first-order chi connectivity index (χ1) is 14.8. The van der Waals surface area contributed by atoms with Crippen molar-refractivity contribution in [1.82, 2.24) is 4.98 Å². The van der Waals surface area contributed by atoms with Crippen LogP contribution in [-0.4, -0.2) is 9.91 Å². The molecule has 156 valence electrons. The van der Waals surface area contributed by atoms with Gasteiger partial charge in [-0.15, -0.1) is 0 Å². The third-order valence-corrected chi connectivity index (χ3v) is 5.00. The fraction of sp³-hybridized carbons (Fsp3) is 0. The Hall–Kier alpha value is -3.49. The van der Waals surface area contributed by atoms with Gasteiger partial charge in [0.05, 0.1) is 20.5 Å². The fourth-order valence-corrected chi connectivity index (χ4v) is 3.38. The average Bonchev–Trinajstić information content (AvgIpc) is 2.73. The molecule has 0 fully saturated rings. The fourth-order valence-electron chi connectivity index (χ4n) is 3.02. The number of nitrogens with zero attached hydrogens (tertiary/aromatic N) is 2. The third-order valence-electron chi connectivity index (χ3n) is 4.42. The molecule has 31 heavy (non-hydrogen) atoms. The van der Waals surface area contributed by atoms with Crippen molar-refractivity contribution < 1.29 is 13.7 Å². The van der Waals surface area contributed by atoms with Crippen LogP contribution in [-0.2, 0) is 0 Å². The van der Waals surface area contributed by atoms with Crippen molar-refractivity contribution in [2.45, 2.75) is 0 Å². The van der Waals surface area contributed by atoms with Crippen LogP contribution in [0.3, 0.4) is 0 Å². The zero-order chi connectivity index (χ0) is 22.1. The molecular weight excluding hydrogens is 449 g/mol. The molecule has 0 spiro atoms. The van der Waals surface area contributed by atoms with Gasteiger partial charge in [-0.05, 0) is 42.5 Å². The summed E-state index contributed by atoms with van der Waals surface area (Å²) in [4.78, 5) is 15.8. The molecule has 0 atom stereocenters. The molecule has 10 heteroatoms. The zero-order valence-corrected chi connectivity index (χ0v) is 17.0. The molecule has 0 saturated carbocycles. The molecule has 0 aliphatic carbocycles. The van der Waals surface area contributed by atoms with E-state index in [1.165, 1.54) is 24.3 Å². The first-order valence-corrected chi connectivity index (χ1v) is 9.60. The Morgan fingerprint density at radius 3 is 2.03 bits per heavy atom. The predicted octanol–water partition coefficient (Wildman–Crippen LogP) is 7.22. The van der Waals surface area contributed by atoms with Crippen molar-refractivity contribution in [1.29, 1.82) is 0 Å². The number of nitrogens with one attached hydrogen (secondary N) is 2. The van der Waals surface area contributed by atoms with Gasteiger partial charge in [0.15, 0.2) is 0 Å². The summed E-state index contributed by atoms with van der Waals surface area (Å²) in [6, 6.07) is 14.5. The maximum atomic E-state index is 13.5. The number of aromatic nitrogens is 1. The summed E-state index contributed by atoms with van der Waals surface area (Å²) >= 11 is 11.7. The van der Waals surface area contributed by atoms with E-state index in [-0.39, 0.29) is 27.2 Å². The lowest BCUT2D eigenvalue weighted by Gasteiger charge is -2.14. The van der Waals surface area contributed by atoms with E-state index < -0.39 is 16.6 Å². The molecule has 0 aliphatic heterocycles. The van der Waals surface area contributed by atoms with E-state index in [9.17, 15) is 18.9 Å². The standard InChI is InChI=1S/C21H12Cl2F2N4O2/c22-14-9-11(5-7-16(14)24)26-19-13-3-1-2-4-18(13)28-21(20(19)29(30)31)27-12-6-8-17(25)15(23)10-12/h1-10H,(H2,26,27,28). The zero-order valence-electron chi connectivity index (χ0n) is 15.5. The van der Waals surface area contributed by atoms with Crippen LogP contribution in [0.4, 0.5) is 37.3 Å². The number of hydrogen-bond donors (Lipinski definition) is 2. The Morgan fingerprint density at radius 2 is 1.45 bits per heavy atom. The average molecular weight is 461 g/mol. The van der Waals surface area contributed by atoms with Crippen molar-refractivity contribution in [2.75, 3.05) is 10.6 Å². The third kappa shape index (κ3) is 4.21. The van der Waals surface area contributed by atoms with Crippen LogP contribution in [0.2, 0.25) is 10.0 Å². The van der Waals surface area contributed by atoms with Crippen molar-refractivity contribution in [2.24, 2.45) is 0 Å². The number of para-hydroxylation sites is 1. The molecule has 1 aromatic heterocycles. The Morgan fingerprint density at radius 1 is 0.871 bits per heavy atom. The molecule has 0 amide bonds. The molecule has 1 heterocycles. The van der Waals surface area contributed by atoms with Crippen molar-refractivity contribution >= 4 is 62.7 Å². The highest BCUT2D eigenvalue weighted by Gasteiger charge is 2.26. The second kappa shape index (κ2) is 8.33. The van der Waals surface area contributed by atoms with Gasteiger partial charge in [-0.1, -0.05) is 41.4 Å². The van der Waals surface area contributed by atoms with E-state index >= 15 is 0 Å². The second-order valence-electron chi connectivity index (χ2n) is 6.47. The molecule has 4 aromatic rings. The lowest BCUT2D eigenvalue weighted by Crippen LogP contribution is -2.05. The van der Waals surface area contributed by atoms with Gasteiger partial charge in [0.1, 0.15) is 17.3 Å². The van der Waals surface area contributed by atoms with Gasteiger partial charge >= 0.3 is 5.69 Å². The number of benzene rings is 3. The van der Waals surface area contributed by atoms with Crippen LogP contribution in [0.1, 0.15) is 0 Å². The van der Waals surface area contributed by atoms with Gasteiger partial charge in [-0.25, -0.2) is 13.8 Å². The Balaban J connectivity index is 1.90. The summed E-state index contributed by atoms with van der Waals surface area (Å²) in [5.74, 6) is -1.32. The highest BCUT2D eigenvalue weighted by atomic mass is 35.5. The Bertz CT molecular complexity index is 1330. The largest absolute Gasteiger partial charge is 0.349 e. The molecule has 3 aromatic carbocycles. The van der Waals surface area contributed by atoms with Crippen LogP contribution >= 0.6 is 23.2 Å². The number of nitro groups is 1. The van der Waals surface area contributed by atoms with E-state index in [1.807, 2.05) is 0 Å². The molecule has 4 rings (SSSR count). The summed E-state index contributed by atoms with van der Waals surface area (Å²) in [5, 5.41) is 18.0. The van der Waals surface area contributed by atoms with Crippen LogP contribution < -0.4 is 10.6 Å². The number of pyridine rings is 1. The van der Waals surface area contributed by atoms with Gasteiger partial charge in [0, 0.05) is 16.8 Å². The quantitative estimate of drug-likeness (QED) is 0.242. The maximum Gasteiger partial charge on any atom is 0.335 e. The molecule has 0 saturated heterocycles. The summed E-state index contributed by atoms with van der Waals surface area (Å²) in [7, 11) is 0. The normalized spacial score (nSPS) is 10.8. The predicted molar refractivity (Wildman–Crippen MR) is 118 cm³/mol. The first kappa shape index (κ1) is 20.8. The van der Waals surface area contributed by atoms with Gasteiger partial charge in [0.25, 0.3) is 0 Å². The van der Waals surface area contributed by atoms with Gasteiger partial charge in [-0.3, -0.25) is 10.1 Å². The smallest absolute Gasteiger partial charge is 0.335 e. The van der Waals surface area contributed by atoms with Crippen molar-refractivity contribution in [3.05, 3.63) is 92.5 Å². The summed E-state index contributed by atoms with van der Waals surface area (Å²) in [5.41, 5.74) is 0.891. The minimum Gasteiger partial charge on any atom is -0.349 e. The molecule has 2 N–H and O–H groups in total. The molecule has 0 aliphatic rings. The Labute approximate surface area is 184 Å².